The van der Waals surface area contributed by atoms with Gasteiger partial charge in [0.15, 0.2) is 0 Å². The van der Waals surface area contributed by atoms with Crippen LogP contribution in [0.1, 0.15) is 18.9 Å². The van der Waals surface area contributed by atoms with Crippen LogP contribution in [-0.2, 0) is 20.9 Å². The van der Waals surface area contributed by atoms with Crippen molar-refractivity contribution in [2.75, 3.05) is 13.2 Å². The highest BCUT2D eigenvalue weighted by Gasteiger charge is 2.49. The van der Waals surface area contributed by atoms with E-state index in [0.717, 1.165) is 12.0 Å². The van der Waals surface area contributed by atoms with Gasteiger partial charge >= 0.3 is 12.1 Å². The molecule has 0 saturated carbocycles. The lowest BCUT2D eigenvalue weighted by Gasteiger charge is -2.24. The van der Waals surface area contributed by atoms with E-state index in [1.165, 1.54) is 4.90 Å². The summed E-state index contributed by atoms with van der Waals surface area (Å²) in [7, 11) is 0. The Labute approximate surface area is 135 Å². The quantitative estimate of drug-likeness (QED) is 0.633. The average molecular weight is 315 g/mol. The number of benzene rings is 1. The molecule has 0 bridgehead atoms. The highest BCUT2D eigenvalue weighted by Crippen LogP contribution is 2.38. The maximum atomic E-state index is 12.4. The maximum Gasteiger partial charge on any atom is 0.410 e. The van der Waals surface area contributed by atoms with Crippen molar-refractivity contribution in [1.82, 2.24) is 4.90 Å². The van der Waals surface area contributed by atoms with Gasteiger partial charge in [-0.2, -0.15) is 0 Å². The van der Waals surface area contributed by atoms with E-state index in [9.17, 15) is 9.59 Å². The van der Waals surface area contributed by atoms with Gasteiger partial charge in [-0.05, 0) is 24.8 Å². The number of carbonyl (C=O) groups is 2. The minimum atomic E-state index is -0.568. The van der Waals surface area contributed by atoms with Gasteiger partial charge in [0, 0.05) is 12.5 Å². The summed E-state index contributed by atoms with van der Waals surface area (Å²) < 4.78 is 10.5. The molecule has 1 saturated heterocycles. The number of fused-ring (bicyclic) bond motifs is 1. The largest absolute Gasteiger partial charge is 0.464 e. The van der Waals surface area contributed by atoms with Crippen LogP contribution in [0.25, 0.3) is 0 Å². The van der Waals surface area contributed by atoms with Crippen LogP contribution in [0.2, 0.25) is 0 Å². The Bertz CT molecular complexity index is 598. The van der Waals surface area contributed by atoms with Crippen molar-refractivity contribution in [2.24, 2.45) is 11.8 Å². The van der Waals surface area contributed by atoms with Gasteiger partial charge in [0.05, 0.1) is 6.61 Å². The van der Waals surface area contributed by atoms with Gasteiger partial charge in [-0.1, -0.05) is 42.5 Å². The number of ether oxygens (including phenoxy) is 2. The third kappa shape index (κ3) is 3.23. The SMILES string of the molecule is CCOC(=O)C1[C@H]2C=CC[C@H]2CN1C(=O)OCc1ccccc1. The first-order valence-corrected chi connectivity index (χ1v) is 8.01. The summed E-state index contributed by atoms with van der Waals surface area (Å²) in [5.41, 5.74) is 0.924. The van der Waals surface area contributed by atoms with Crippen molar-refractivity contribution in [3.05, 3.63) is 48.0 Å². The molecule has 0 spiro atoms. The number of rotatable bonds is 4. The predicted molar refractivity (Wildman–Crippen MR) is 84.5 cm³/mol. The Kier molecular flexibility index (Phi) is 4.65. The molecule has 2 aliphatic rings. The van der Waals surface area contributed by atoms with Gasteiger partial charge in [0.2, 0.25) is 0 Å². The Morgan fingerprint density at radius 2 is 2.00 bits per heavy atom. The van der Waals surface area contributed by atoms with Crippen LogP contribution in [0, 0.1) is 11.8 Å². The van der Waals surface area contributed by atoms with Crippen LogP contribution in [0.3, 0.4) is 0 Å². The Morgan fingerprint density at radius 1 is 1.22 bits per heavy atom. The Balaban J connectivity index is 1.68. The highest BCUT2D eigenvalue weighted by atomic mass is 16.6. The second kappa shape index (κ2) is 6.86. The summed E-state index contributed by atoms with van der Waals surface area (Å²) in [4.78, 5) is 26.2. The summed E-state index contributed by atoms with van der Waals surface area (Å²) in [6, 6.07) is 8.94. The molecule has 1 unspecified atom stereocenters. The first-order chi connectivity index (χ1) is 11.2. The van der Waals surface area contributed by atoms with Crippen LogP contribution in [-0.4, -0.2) is 36.2 Å². The zero-order valence-electron chi connectivity index (χ0n) is 13.2. The van der Waals surface area contributed by atoms with Crippen LogP contribution in [0.4, 0.5) is 4.79 Å². The fourth-order valence-electron chi connectivity index (χ4n) is 3.36. The fraction of sp³-hybridized carbons (Fsp3) is 0.444. The third-order valence-corrected chi connectivity index (χ3v) is 4.44. The second-order valence-electron chi connectivity index (χ2n) is 5.89. The van der Waals surface area contributed by atoms with E-state index in [4.69, 9.17) is 9.47 Å². The number of nitrogens with zero attached hydrogens (tertiary/aromatic N) is 1. The van der Waals surface area contributed by atoms with Crippen LogP contribution in [0.5, 0.6) is 0 Å². The smallest absolute Gasteiger partial charge is 0.410 e. The monoisotopic (exact) mass is 315 g/mol. The number of allylic oxidation sites excluding steroid dienone is 1. The van der Waals surface area contributed by atoms with E-state index in [1.807, 2.05) is 36.4 Å². The lowest BCUT2D eigenvalue weighted by molar-refractivity contribution is -0.148. The van der Waals surface area contributed by atoms with Crippen molar-refractivity contribution in [2.45, 2.75) is 26.0 Å². The van der Waals surface area contributed by atoms with E-state index in [-0.39, 0.29) is 24.4 Å². The second-order valence-corrected chi connectivity index (χ2v) is 5.89. The molecule has 0 aromatic heterocycles. The van der Waals surface area contributed by atoms with E-state index in [1.54, 1.807) is 6.92 Å². The van der Waals surface area contributed by atoms with Crippen LogP contribution >= 0.6 is 0 Å². The van der Waals surface area contributed by atoms with Gasteiger partial charge in [-0.3, -0.25) is 4.90 Å². The molecule has 0 radical (unpaired) electrons. The van der Waals surface area contributed by atoms with E-state index < -0.39 is 12.1 Å². The normalized spacial score (nSPS) is 25.3. The molecule has 5 heteroatoms. The summed E-state index contributed by atoms with van der Waals surface area (Å²) in [5, 5.41) is 0. The fourth-order valence-corrected chi connectivity index (χ4v) is 3.36. The number of esters is 1. The summed E-state index contributed by atoms with van der Waals surface area (Å²) in [6.45, 7) is 2.82. The molecule has 5 nitrogen and oxygen atoms in total. The summed E-state index contributed by atoms with van der Waals surface area (Å²) in [6.07, 6.45) is 4.54. The molecule has 3 rings (SSSR count). The minimum absolute atomic E-state index is 0.0401. The Morgan fingerprint density at radius 3 is 2.74 bits per heavy atom. The van der Waals surface area contributed by atoms with E-state index >= 15 is 0 Å². The maximum absolute atomic E-state index is 12.4. The number of carbonyl (C=O) groups excluding carboxylic acids is 2. The van der Waals surface area contributed by atoms with E-state index in [2.05, 4.69) is 6.08 Å². The molecule has 1 aliphatic carbocycles. The standard InChI is InChI=1S/C18H21NO4/c1-2-22-17(20)16-15-10-6-9-14(15)11-19(16)18(21)23-12-13-7-4-3-5-8-13/h3-8,10,14-16H,2,9,11-12H2,1H3/t14-,15-,16?/m0/s1. The van der Waals surface area contributed by atoms with Crippen molar-refractivity contribution in [3.63, 3.8) is 0 Å². The van der Waals surface area contributed by atoms with Gasteiger partial charge < -0.3 is 9.47 Å². The molecule has 23 heavy (non-hydrogen) atoms. The topological polar surface area (TPSA) is 55.8 Å². The zero-order chi connectivity index (χ0) is 16.2. The minimum Gasteiger partial charge on any atom is -0.464 e. The lowest BCUT2D eigenvalue weighted by atomic mass is 9.94. The molecular weight excluding hydrogens is 294 g/mol. The highest BCUT2D eigenvalue weighted by molar-refractivity contribution is 5.83. The number of hydrogen-bond donors (Lipinski definition) is 0. The number of hydrogen-bond acceptors (Lipinski definition) is 4. The van der Waals surface area contributed by atoms with Gasteiger partial charge in [0.25, 0.3) is 0 Å². The van der Waals surface area contributed by atoms with Crippen molar-refractivity contribution in [3.8, 4) is 0 Å². The predicted octanol–water partition coefficient (Wildman–Crippen LogP) is 2.76. The molecule has 1 aromatic rings. The Hall–Kier alpha value is -2.30. The molecule has 1 fully saturated rings. The van der Waals surface area contributed by atoms with Crippen molar-refractivity contribution in [1.29, 1.82) is 0 Å². The third-order valence-electron chi connectivity index (χ3n) is 4.44. The number of amides is 1. The van der Waals surface area contributed by atoms with Crippen LogP contribution in [0.15, 0.2) is 42.5 Å². The average Bonchev–Trinajstić information content (AvgIpc) is 3.14. The number of likely N-dealkylation sites (tertiary alicyclic amines) is 1. The first kappa shape index (κ1) is 15.6. The summed E-state index contributed by atoms with van der Waals surface area (Å²) >= 11 is 0. The van der Waals surface area contributed by atoms with Gasteiger partial charge in [0.1, 0.15) is 12.6 Å². The van der Waals surface area contributed by atoms with Gasteiger partial charge in [-0.15, -0.1) is 0 Å². The molecule has 1 aromatic carbocycles. The first-order valence-electron chi connectivity index (χ1n) is 8.01. The molecular formula is C18H21NO4. The summed E-state index contributed by atoms with van der Waals surface area (Å²) in [5.74, 6) is -0.0183. The lowest BCUT2D eigenvalue weighted by Crippen LogP contribution is -2.44. The zero-order valence-corrected chi connectivity index (χ0v) is 13.2. The molecule has 1 amide bonds. The van der Waals surface area contributed by atoms with Gasteiger partial charge in [-0.25, -0.2) is 9.59 Å². The molecule has 1 aliphatic heterocycles. The van der Waals surface area contributed by atoms with Crippen molar-refractivity contribution >= 4 is 12.1 Å². The van der Waals surface area contributed by atoms with E-state index in [0.29, 0.717) is 13.2 Å². The molecule has 122 valence electrons. The molecule has 3 atom stereocenters. The van der Waals surface area contributed by atoms with Crippen molar-refractivity contribution < 1.29 is 19.1 Å². The van der Waals surface area contributed by atoms with Crippen LogP contribution < -0.4 is 0 Å². The molecule has 1 heterocycles. The molecule has 0 N–H and O–H groups in total.